The third-order valence-corrected chi connectivity index (χ3v) is 3.54. The first kappa shape index (κ1) is 13.9. The number of nitrogens with zero attached hydrogens (tertiary/aromatic N) is 3. The van der Waals surface area contributed by atoms with Crippen LogP contribution >= 0.6 is 0 Å². The van der Waals surface area contributed by atoms with Crippen molar-refractivity contribution in [2.45, 2.75) is 19.5 Å². The predicted octanol–water partition coefficient (Wildman–Crippen LogP) is 1.99. The summed E-state index contributed by atoms with van der Waals surface area (Å²) in [6.07, 6.45) is 0. The van der Waals surface area contributed by atoms with Gasteiger partial charge >= 0.3 is 0 Å². The topological polar surface area (TPSA) is 30.3 Å². The van der Waals surface area contributed by atoms with Gasteiger partial charge in [-0.2, -0.15) is 5.26 Å². The first-order valence-corrected chi connectivity index (χ1v) is 6.40. The summed E-state index contributed by atoms with van der Waals surface area (Å²) in [6.45, 7) is 5.39. The van der Waals surface area contributed by atoms with Crippen molar-refractivity contribution >= 4 is 0 Å². The SMILES string of the molecule is CC(C#N)N1CCN(Cc2cc(F)ccc2F)CC1. The lowest BCUT2D eigenvalue weighted by molar-refractivity contribution is 0.113. The van der Waals surface area contributed by atoms with Crippen molar-refractivity contribution in [3.05, 3.63) is 35.4 Å². The van der Waals surface area contributed by atoms with Gasteiger partial charge in [0.05, 0.1) is 12.1 Å². The number of halogens is 2. The van der Waals surface area contributed by atoms with Gasteiger partial charge in [0.2, 0.25) is 0 Å². The molecular weight excluding hydrogens is 248 g/mol. The zero-order valence-electron chi connectivity index (χ0n) is 10.9. The molecular formula is C14H17F2N3. The molecule has 0 N–H and O–H groups in total. The molecule has 1 heterocycles. The van der Waals surface area contributed by atoms with Crippen LogP contribution < -0.4 is 0 Å². The fraction of sp³-hybridized carbons (Fsp3) is 0.500. The van der Waals surface area contributed by atoms with Gasteiger partial charge in [-0.15, -0.1) is 0 Å². The van der Waals surface area contributed by atoms with E-state index in [1.54, 1.807) is 0 Å². The molecule has 0 spiro atoms. The Bertz CT molecular complexity index is 476. The number of piperazine rings is 1. The minimum Gasteiger partial charge on any atom is -0.296 e. The normalized spacial score (nSPS) is 19.1. The molecule has 1 aromatic rings. The first-order valence-electron chi connectivity index (χ1n) is 6.40. The van der Waals surface area contributed by atoms with Gasteiger partial charge in [-0.05, 0) is 25.1 Å². The van der Waals surface area contributed by atoms with Crippen LogP contribution in [0.5, 0.6) is 0 Å². The van der Waals surface area contributed by atoms with Crippen LogP contribution in [0, 0.1) is 23.0 Å². The first-order chi connectivity index (χ1) is 9.10. The van der Waals surface area contributed by atoms with E-state index in [-0.39, 0.29) is 11.9 Å². The van der Waals surface area contributed by atoms with Gasteiger partial charge in [0.1, 0.15) is 11.6 Å². The third-order valence-electron chi connectivity index (χ3n) is 3.54. The van der Waals surface area contributed by atoms with Crippen LogP contribution in [0.15, 0.2) is 18.2 Å². The van der Waals surface area contributed by atoms with Gasteiger partial charge in [0.25, 0.3) is 0 Å². The van der Waals surface area contributed by atoms with E-state index in [9.17, 15) is 8.78 Å². The molecule has 0 bridgehead atoms. The molecule has 0 saturated carbocycles. The Labute approximate surface area is 112 Å². The van der Waals surface area contributed by atoms with Crippen molar-refractivity contribution in [3.63, 3.8) is 0 Å². The summed E-state index contributed by atoms with van der Waals surface area (Å²) in [6, 6.07) is 5.67. The second kappa shape index (κ2) is 6.09. The maximum atomic E-state index is 13.5. The predicted molar refractivity (Wildman–Crippen MR) is 68.3 cm³/mol. The second-order valence-electron chi connectivity index (χ2n) is 4.85. The van der Waals surface area contributed by atoms with E-state index in [0.29, 0.717) is 12.1 Å². The second-order valence-corrected chi connectivity index (χ2v) is 4.85. The molecule has 1 aliphatic heterocycles. The van der Waals surface area contributed by atoms with Crippen LogP contribution in [0.1, 0.15) is 12.5 Å². The molecule has 1 unspecified atom stereocenters. The molecule has 102 valence electrons. The summed E-state index contributed by atoms with van der Waals surface area (Å²) in [5.41, 5.74) is 0.391. The highest BCUT2D eigenvalue weighted by molar-refractivity contribution is 5.18. The summed E-state index contributed by atoms with van der Waals surface area (Å²) in [7, 11) is 0. The molecule has 1 aromatic carbocycles. The molecule has 1 saturated heterocycles. The van der Waals surface area contributed by atoms with Crippen LogP contribution in [0.3, 0.4) is 0 Å². The van der Waals surface area contributed by atoms with Gasteiger partial charge in [-0.1, -0.05) is 0 Å². The Hall–Kier alpha value is -1.51. The number of rotatable bonds is 3. The van der Waals surface area contributed by atoms with Crippen LogP contribution in [-0.4, -0.2) is 42.0 Å². The molecule has 0 radical (unpaired) electrons. The maximum Gasteiger partial charge on any atom is 0.127 e. The number of nitriles is 1. The van der Waals surface area contributed by atoms with Crippen LogP contribution in [0.2, 0.25) is 0 Å². The van der Waals surface area contributed by atoms with E-state index in [2.05, 4.69) is 15.9 Å². The molecule has 0 aromatic heterocycles. The highest BCUT2D eigenvalue weighted by atomic mass is 19.1. The molecule has 1 atom stereocenters. The third kappa shape index (κ3) is 3.49. The summed E-state index contributed by atoms with van der Waals surface area (Å²) in [5.74, 6) is -0.776. The zero-order chi connectivity index (χ0) is 13.8. The standard InChI is InChI=1S/C14H17F2N3/c1-11(9-17)19-6-4-18(5-7-19)10-12-8-13(15)2-3-14(12)16/h2-3,8,11H,4-7,10H2,1H3. The zero-order valence-corrected chi connectivity index (χ0v) is 10.9. The Morgan fingerprint density at radius 2 is 1.95 bits per heavy atom. The number of hydrogen-bond donors (Lipinski definition) is 0. The van der Waals surface area contributed by atoms with Gasteiger partial charge < -0.3 is 0 Å². The van der Waals surface area contributed by atoms with E-state index < -0.39 is 5.82 Å². The summed E-state index contributed by atoms with van der Waals surface area (Å²) < 4.78 is 26.6. The summed E-state index contributed by atoms with van der Waals surface area (Å²) >= 11 is 0. The molecule has 1 fully saturated rings. The fourth-order valence-corrected chi connectivity index (χ4v) is 2.30. The highest BCUT2D eigenvalue weighted by Gasteiger charge is 2.21. The monoisotopic (exact) mass is 265 g/mol. The van der Waals surface area contributed by atoms with Gasteiger partial charge in [0, 0.05) is 38.3 Å². The molecule has 0 aliphatic carbocycles. The maximum absolute atomic E-state index is 13.5. The van der Waals surface area contributed by atoms with Crippen molar-refractivity contribution < 1.29 is 8.78 Å². The van der Waals surface area contributed by atoms with Gasteiger partial charge in [-0.25, -0.2) is 8.78 Å². The lowest BCUT2D eigenvalue weighted by atomic mass is 10.1. The minimum atomic E-state index is -0.409. The summed E-state index contributed by atoms with van der Waals surface area (Å²) in [4.78, 5) is 4.18. The van der Waals surface area contributed by atoms with Crippen molar-refractivity contribution in [1.82, 2.24) is 9.80 Å². The molecule has 1 aliphatic rings. The molecule has 5 heteroatoms. The van der Waals surface area contributed by atoms with Crippen molar-refractivity contribution in [2.75, 3.05) is 26.2 Å². The Morgan fingerprint density at radius 1 is 1.26 bits per heavy atom. The lowest BCUT2D eigenvalue weighted by Gasteiger charge is -2.35. The largest absolute Gasteiger partial charge is 0.296 e. The molecule has 19 heavy (non-hydrogen) atoms. The Morgan fingerprint density at radius 3 is 2.58 bits per heavy atom. The quantitative estimate of drug-likeness (QED) is 0.837. The Kier molecular flexibility index (Phi) is 4.46. The molecule has 2 rings (SSSR count). The van der Waals surface area contributed by atoms with Crippen LogP contribution in [-0.2, 0) is 6.54 Å². The van der Waals surface area contributed by atoms with E-state index in [0.717, 1.165) is 32.2 Å². The van der Waals surface area contributed by atoms with Gasteiger partial charge in [0.15, 0.2) is 0 Å². The van der Waals surface area contributed by atoms with Crippen molar-refractivity contribution in [3.8, 4) is 6.07 Å². The van der Waals surface area contributed by atoms with E-state index in [1.165, 1.54) is 12.1 Å². The van der Waals surface area contributed by atoms with Crippen molar-refractivity contribution in [2.24, 2.45) is 0 Å². The highest BCUT2D eigenvalue weighted by Crippen LogP contribution is 2.14. The number of benzene rings is 1. The molecule has 0 amide bonds. The average Bonchev–Trinajstić information content (AvgIpc) is 2.43. The van der Waals surface area contributed by atoms with Gasteiger partial charge in [-0.3, -0.25) is 9.80 Å². The smallest absolute Gasteiger partial charge is 0.127 e. The van der Waals surface area contributed by atoms with E-state index >= 15 is 0 Å². The van der Waals surface area contributed by atoms with E-state index in [4.69, 9.17) is 5.26 Å². The average molecular weight is 265 g/mol. The Balaban J connectivity index is 1.92. The van der Waals surface area contributed by atoms with E-state index in [1.807, 2.05) is 6.92 Å². The van der Waals surface area contributed by atoms with Crippen molar-refractivity contribution in [1.29, 1.82) is 5.26 Å². The minimum absolute atomic E-state index is 0.0898. The van der Waals surface area contributed by atoms with Crippen LogP contribution in [0.4, 0.5) is 8.78 Å². The fourth-order valence-electron chi connectivity index (χ4n) is 2.30. The van der Waals surface area contributed by atoms with Crippen LogP contribution in [0.25, 0.3) is 0 Å². The summed E-state index contributed by atoms with van der Waals surface area (Å²) in [5, 5.41) is 8.86. The number of hydrogen-bond acceptors (Lipinski definition) is 3. The lowest BCUT2D eigenvalue weighted by Crippen LogP contribution is -2.48. The molecule has 3 nitrogen and oxygen atoms in total.